The number of hydrogen-bond acceptors (Lipinski definition) is 5. The van der Waals surface area contributed by atoms with Crippen LogP contribution < -0.4 is 16.6 Å². The number of nitrogens with zero attached hydrogens (tertiary/aromatic N) is 3. The van der Waals surface area contributed by atoms with Gasteiger partial charge >= 0.3 is 0 Å². The lowest BCUT2D eigenvalue weighted by molar-refractivity contribution is 0.0992. The number of halogens is 1. The van der Waals surface area contributed by atoms with Gasteiger partial charge in [-0.2, -0.15) is 4.74 Å². The van der Waals surface area contributed by atoms with Crippen molar-refractivity contribution in [2.24, 2.45) is 12.8 Å². The molecule has 2 amide bonds. The van der Waals surface area contributed by atoms with E-state index in [1.807, 2.05) is 41.8 Å². The lowest BCUT2D eigenvalue weighted by Crippen LogP contribution is -2.18. The number of aryl methyl sites for hydroxylation is 4. The van der Waals surface area contributed by atoms with Crippen molar-refractivity contribution in [3.05, 3.63) is 93.3 Å². The smallest absolute Gasteiger partial charge is 0.290 e. The number of fused-ring (bicyclic) bond motifs is 1. The van der Waals surface area contributed by atoms with Gasteiger partial charge in [-0.3, -0.25) is 19.4 Å². The molecule has 0 spiro atoms. The van der Waals surface area contributed by atoms with Crippen LogP contribution in [0.15, 0.2) is 63.9 Å². The van der Waals surface area contributed by atoms with Crippen LogP contribution in [-0.4, -0.2) is 26.1 Å². The van der Waals surface area contributed by atoms with Crippen molar-refractivity contribution in [1.82, 2.24) is 14.3 Å². The number of nitrogens with two attached hydrogens (primary N) is 1. The summed E-state index contributed by atoms with van der Waals surface area (Å²) in [6.07, 6.45) is 0. The molecule has 0 aliphatic heterocycles. The fraction of sp³-hybridized carbons (Fsp3) is 0.172. The predicted molar refractivity (Wildman–Crippen MR) is 146 cm³/mol. The Bertz CT molecular complexity index is 1830. The lowest BCUT2D eigenvalue weighted by atomic mass is 10.0. The van der Waals surface area contributed by atoms with E-state index in [0.717, 1.165) is 16.8 Å². The molecule has 0 bridgehead atoms. The summed E-state index contributed by atoms with van der Waals surface area (Å²) in [4.78, 5) is 42.1. The number of anilines is 1. The van der Waals surface area contributed by atoms with Gasteiger partial charge in [0, 0.05) is 19.3 Å². The van der Waals surface area contributed by atoms with Crippen LogP contribution in [0.3, 0.4) is 0 Å². The van der Waals surface area contributed by atoms with E-state index in [1.165, 1.54) is 22.9 Å². The molecule has 9 nitrogen and oxygen atoms in total. The number of rotatable bonds is 6. The molecule has 5 aromatic rings. The number of amides is 2. The number of hydrogen-bond donors (Lipinski definition) is 2. The number of pyridine rings is 1. The molecule has 3 aromatic heterocycles. The molecular weight excluding hydrogens is 501 g/mol. The SMILES string of the molecule is CCn1c(-c2ccc(-c3c(C)on(C)c3=O)cc2)cc2nc(C)cc(C(=O)Nc3cccc(C(N)=O)c3F)c21. The molecule has 0 saturated carbocycles. The van der Waals surface area contributed by atoms with E-state index in [9.17, 15) is 18.8 Å². The third kappa shape index (κ3) is 4.39. The zero-order chi connectivity index (χ0) is 28.0. The van der Waals surface area contributed by atoms with E-state index in [-0.39, 0.29) is 16.8 Å². The highest BCUT2D eigenvalue weighted by atomic mass is 19.1. The summed E-state index contributed by atoms with van der Waals surface area (Å²) in [5.41, 5.74) is 9.62. The van der Waals surface area contributed by atoms with Crippen LogP contribution >= 0.6 is 0 Å². The Labute approximate surface area is 222 Å². The van der Waals surface area contributed by atoms with Crippen LogP contribution in [0.5, 0.6) is 0 Å². The second kappa shape index (κ2) is 9.71. The van der Waals surface area contributed by atoms with Gasteiger partial charge in [0.2, 0.25) is 0 Å². The molecule has 0 aliphatic carbocycles. The highest BCUT2D eigenvalue weighted by molar-refractivity contribution is 6.12. The van der Waals surface area contributed by atoms with Crippen molar-refractivity contribution in [2.75, 3.05) is 5.32 Å². The van der Waals surface area contributed by atoms with Crippen molar-refractivity contribution in [1.29, 1.82) is 0 Å². The Morgan fingerprint density at radius 2 is 1.74 bits per heavy atom. The normalized spacial score (nSPS) is 11.2. The first kappa shape index (κ1) is 25.7. The largest absolute Gasteiger partial charge is 0.381 e. The Kier molecular flexibility index (Phi) is 6.39. The van der Waals surface area contributed by atoms with Crippen LogP contribution in [-0.2, 0) is 13.6 Å². The Morgan fingerprint density at radius 1 is 1.05 bits per heavy atom. The van der Waals surface area contributed by atoms with Gasteiger partial charge in [-0.05, 0) is 56.2 Å². The van der Waals surface area contributed by atoms with Crippen LogP contribution in [0.1, 0.15) is 39.1 Å². The maximum Gasteiger partial charge on any atom is 0.290 e. The lowest BCUT2D eigenvalue weighted by Gasteiger charge is -2.13. The highest BCUT2D eigenvalue weighted by Gasteiger charge is 2.22. The van der Waals surface area contributed by atoms with Crippen LogP contribution in [0.4, 0.5) is 10.1 Å². The minimum Gasteiger partial charge on any atom is -0.381 e. The fourth-order valence-corrected chi connectivity index (χ4v) is 4.89. The van der Waals surface area contributed by atoms with Crippen molar-refractivity contribution in [3.63, 3.8) is 0 Å². The van der Waals surface area contributed by atoms with E-state index in [0.29, 0.717) is 40.2 Å². The molecule has 3 N–H and O–H groups in total. The van der Waals surface area contributed by atoms with Gasteiger partial charge in [0.15, 0.2) is 5.82 Å². The monoisotopic (exact) mass is 527 g/mol. The van der Waals surface area contributed by atoms with Crippen molar-refractivity contribution >= 4 is 28.5 Å². The van der Waals surface area contributed by atoms with Crippen molar-refractivity contribution < 1.29 is 18.5 Å². The van der Waals surface area contributed by atoms with E-state index in [4.69, 9.17) is 10.3 Å². The molecular formula is C29H26FN5O4. The highest BCUT2D eigenvalue weighted by Crippen LogP contribution is 2.32. The summed E-state index contributed by atoms with van der Waals surface area (Å²) in [7, 11) is 1.57. The predicted octanol–water partition coefficient (Wildman–Crippen LogP) is 4.79. The minimum absolute atomic E-state index is 0.148. The standard InChI is InChI=1S/C29H26FN5O4/c1-5-35-23(17-9-11-18(12-10-17)24-16(3)39-34(4)29(24)38)14-22-26(35)20(13-15(2)32-22)28(37)33-21-8-6-7-19(25(21)30)27(31)36/h6-14H,5H2,1-4H3,(H2,31,36)(H,33,37). The third-order valence-corrected chi connectivity index (χ3v) is 6.65. The van der Waals surface area contributed by atoms with Gasteiger partial charge < -0.3 is 20.1 Å². The van der Waals surface area contributed by atoms with Gasteiger partial charge in [-0.25, -0.2) is 4.39 Å². The molecule has 0 atom stereocenters. The molecule has 0 aliphatic rings. The maximum atomic E-state index is 14.8. The van der Waals surface area contributed by atoms with Crippen LogP contribution in [0.25, 0.3) is 33.4 Å². The zero-order valence-corrected chi connectivity index (χ0v) is 21.8. The van der Waals surface area contributed by atoms with Crippen LogP contribution in [0, 0.1) is 19.7 Å². The minimum atomic E-state index is -0.926. The Morgan fingerprint density at radius 3 is 2.36 bits per heavy atom. The van der Waals surface area contributed by atoms with Crippen molar-refractivity contribution in [2.45, 2.75) is 27.3 Å². The van der Waals surface area contributed by atoms with Crippen molar-refractivity contribution in [3.8, 4) is 22.4 Å². The number of aromatic nitrogens is 3. The number of carbonyl (C=O) groups is 2. The number of benzene rings is 2. The molecule has 2 aromatic carbocycles. The molecule has 0 fully saturated rings. The topological polar surface area (TPSA) is 125 Å². The molecule has 198 valence electrons. The van der Waals surface area contributed by atoms with E-state index >= 15 is 0 Å². The summed E-state index contributed by atoms with van der Waals surface area (Å²) < 4.78 is 23.4. The third-order valence-electron chi connectivity index (χ3n) is 6.65. The molecule has 0 radical (unpaired) electrons. The molecule has 10 heteroatoms. The van der Waals surface area contributed by atoms with Gasteiger partial charge in [-0.15, -0.1) is 0 Å². The summed E-state index contributed by atoms with van der Waals surface area (Å²) >= 11 is 0. The van der Waals surface area contributed by atoms with E-state index in [1.54, 1.807) is 27.0 Å². The van der Waals surface area contributed by atoms with Crippen LogP contribution in [0.2, 0.25) is 0 Å². The van der Waals surface area contributed by atoms with Gasteiger partial charge in [0.25, 0.3) is 17.4 Å². The first-order chi connectivity index (χ1) is 18.6. The quantitative estimate of drug-likeness (QED) is 0.329. The summed E-state index contributed by atoms with van der Waals surface area (Å²) in [5, 5.41) is 2.58. The Hall–Kier alpha value is -4.99. The second-order valence-electron chi connectivity index (χ2n) is 9.21. The van der Waals surface area contributed by atoms with E-state index in [2.05, 4.69) is 10.3 Å². The van der Waals surface area contributed by atoms with Gasteiger partial charge in [0.1, 0.15) is 5.76 Å². The summed E-state index contributed by atoms with van der Waals surface area (Å²) in [5.74, 6) is -1.84. The second-order valence-corrected chi connectivity index (χ2v) is 9.21. The zero-order valence-electron chi connectivity index (χ0n) is 21.8. The molecule has 0 saturated heterocycles. The fourth-order valence-electron chi connectivity index (χ4n) is 4.89. The molecule has 5 rings (SSSR count). The maximum absolute atomic E-state index is 14.8. The first-order valence-electron chi connectivity index (χ1n) is 12.3. The molecule has 39 heavy (non-hydrogen) atoms. The van der Waals surface area contributed by atoms with Gasteiger partial charge in [-0.1, -0.05) is 30.3 Å². The average Bonchev–Trinajstić information content (AvgIpc) is 3.39. The first-order valence-corrected chi connectivity index (χ1v) is 12.3. The van der Waals surface area contributed by atoms with E-state index < -0.39 is 17.6 Å². The Balaban J connectivity index is 1.58. The molecule has 0 unspecified atom stereocenters. The summed E-state index contributed by atoms with van der Waals surface area (Å²) in [6, 6.07) is 15.1. The summed E-state index contributed by atoms with van der Waals surface area (Å²) in [6.45, 7) is 6.00. The number of carbonyl (C=O) groups excluding carboxylic acids is 2. The number of nitrogens with one attached hydrogen (secondary N) is 1. The molecule has 3 heterocycles. The van der Waals surface area contributed by atoms with Gasteiger partial charge in [0.05, 0.1) is 39.1 Å². The average molecular weight is 528 g/mol. The number of primary amides is 1.